The maximum Gasteiger partial charge on any atom is 0.373 e. The predicted octanol–water partition coefficient (Wildman–Crippen LogP) is 0.0350. The lowest BCUT2D eigenvalue weighted by Gasteiger charge is -1.79. The zero-order valence-electron chi connectivity index (χ0n) is 3.35. The molecule has 0 spiro atoms. The number of halogens is 1. The summed E-state index contributed by atoms with van der Waals surface area (Å²) in [5.41, 5.74) is 0. The standard InChI is InChI=1S/C3H3BrO3/c4-1-2(5)3(6)7/h1H2,(H,6,7)/i1+1,2+1,3+1. The molecule has 0 atom stereocenters. The molecular formula is C3H3BrO3. The van der Waals surface area contributed by atoms with E-state index in [0.717, 1.165) is 0 Å². The molecule has 0 unspecified atom stereocenters. The molecule has 0 heterocycles. The Labute approximate surface area is 48.5 Å². The summed E-state index contributed by atoms with van der Waals surface area (Å²) < 4.78 is 0. The van der Waals surface area contributed by atoms with Crippen LogP contribution in [0.1, 0.15) is 0 Å². The summed E-state index contributed by atoms with van der Waals surface area (Å²) in [6.07, 6.45) is 0. The molecule has 0 amide bonds. The third-order valence-corrected chi connectivity index (χ3v) is 0.869. The van der Waals surface area contributed by atoms with Gasteiger partial charge in [-0.2, -0.15) is 0 Å². The van der Waals surface area contributed by atoms with Gasteiger partial charge in [0.25, 0.3) is 0 Å². The molecule has 4 heteroatoms. The number of rotatable bonds is 2. The Bertz CT molecular complexity index is 98.4. The van der Waals surface area contributed by atoms with E-state index in [9.17, 15) is 9.59 Å². The normalized spacial score (nSPS) is 8.14. The first-order valence-corrected chi connectivity index (χ1v) is 2.62. The van der Waals surface area contributed by atoms with Crippen molar-refractivity contribution in [2.24, 2.45) is 0 Å². The van der Waals surface area contributed by atoms with Gasteiger partial charge in [0, 0.05) is 0 Å². The van der Waals surface area contributed by atoms with Crippen LogP contribution in [-0.2, 0) is 9.59 Å². The van der Waals surface area contributed by atoms with Crippen molar-refractivity contribution in [1.82, 2.24) is 0 Å². The highest BCUT2D eigenvalue weighted by Crippen LogP contribution is 1.80. The van der Waals surface area contributed by atoms with Gasteiger partial charge in [0.05, 0.1) is 5.33 Å². The van der Waals surface area contributed by atoms with Gasteiger partial charge < -0.3 is 5.11 Å². The van der Waals surface area contributed by atoms with E-state index >= 15 is 0 Å². The number of aliphatic carboxylic acids is 1. The molecule has 0 aromatic rings. The zero-order valence-corrected chi connectivity index (χ0v) is 4.93. The molecule has 0 aliphatic rings. The maximum absolute atomic E-state index is 9.87. The molecule has 40 valence electrons. The van der Waals surface area contributed by atoms with Crippen molar-refractivity contribution in [2.45, 2.75) is 0 Å². The topological polar surface area (TPSA) is 54.4 Å². The quantitative estimate of drug-likeness (QED) is 0.361. The van der Waals surface area contributed by atoms with Crippen molar-refractivity contribution in [3.8, 4) is 0 Å². The molecule has 0 aliphatic heterocycles. The summed E-state index contributed by atoms with van der Waals surface area (Å²) in [5.74, 6) is -2.21. The molecule has 0 aliphatic carbocycles. The summed E-state index contributed by atoms with van der Waals surface area (Å²) in [5, 5.41) is 7.69. The lowest BCUT2D eigenvalue weighted by molar-refractivity contribution is -0.147. The van der Waals surface area contributed by atoms with Gasteiger partial charge in [-0.15, -0.1) is 0 Å². The van der Waals surface area contributed by atoms with Gasteiger partial charge in [-0.3, -0.25) is 4.79 Å². The average molecular weight is 170 g/mol. The lowest BCUT2D eigenvalue weighted by atomic mass is 11.4. The van der Waals surface area contributed by atoms with E-state index in [4.69, 9.17) is 5.11 Å². The van der Waals surface area contributed by atoms with Gasteiger partial charge in [0.15, 0.2) is 0 Å². The SMILES string of the molecule is O=[13C](O)[13C](=O)[13CH2]Br. The van der Waals surface area contributed by atoms with Crippen LogP contribution in [-0.4, -0.2) is 22.2 Å². The fraction of sp³-hybridized carbons (Fsp3) is 0.333. The molecule has 0 radical (unpaired) electrons. The minimum Gasteiger partial charge on any atom is -0.475 e. The van der Waals surface area contributed by atoms with E-state index in [1.807, 2.05) is 0 Å². The number of carboxylic acid groups (broad SMARTS) is 1. The molecular weight excluding hydrogens is 167 g/mol. The first-order valence-electron chi connectivity index (χ1n) is 1.50. The van der Waals surface area contributed by atoms with E-state index < -0.39 is 11.8 Å². The van der Waals surface area contributed by atoms with Crippen molar-refractivity contribution in [3.63, 3.8) is 0 Å². The minimum atomic E-state index is -1.39. The van der Waals surface area contributed by atoms with Crippen molar-refractivity contribution in [1.29, 1.82) is 0 Å². The average Bonchev–Trinajstić information content (AvgIpc) is 1.65. The second kappa shape index (κ2) is 2.74. The number of hydrogen-bond donors (Lipinski definition) is 1. The van der Waals surface area contributed by atoms with Crippen molar-refractivity contribution in [3.05, 3.63) is 0 Å². The number of carbonyl (C=O) groups excluding carboxylic acids is 1. The first-order chi connectivity index (χ1) is 3.18. The van der Waals surface area contributed by atoms with Gasteiger partial charge in [0.2, 0.25) is 5.78 Å². The van der Waals surface area contributed by atoms with Crippen LogP contribution in [0.5, 0.6) is 0 Å². The largest absolute Gasteiger partial charge is 0.475 e. The highest BCUT2D eigenvalue weighted by atomic mass is 79.9. The Morgan fingerprint density at radius 1 is 1.57 bits per heavy atom. The van der Waals surface area contributed by atoms with Crippen LogP contribution in [0, 0.1) is 0 Å². The summed E-state index contributed by atoms with van der Waals surface area (Å²) in [6, 6.07) is 0. The number of ketones is 1. The molecule has 0 saturated carbocycles. The molecule has 7 heavy (non-hydrogen) atoms. The molecule has 0 saturated heterocycles. The van der Waals surface area contributed by atoms with Crippen molar-refractivity contribution < 1.29 is 14.7 Å². The van der Waals surface area contributed by atoms with Crippen LogP contribution in [0.2, 0.25) is 0 Å². The monoisotopic (exact) mass is 169 g/mol. The number of carbonyl (C=O) groups is 2. The summed E-state index contributed by atoms with van der Waals surface area (Å²) in [4.78, 5) is 19.4. The number of Topliss-reactive ketones (excluding diaryl/α,β-unsaturated/α-hetero) is 1. The third-order valence-electron chi connectivity index (χ3n) is 0.360. The highest BCUT2D eigenvalue weighted by molar-refractivity contribution is 9.09. The Hall–Kier alpha value is -0.380. The van der Waals surface area contributed by atoms with Crippen LogP contribution < -0.4 is 0 Å². The Morgan fingerprint density at radius 2 is 2.00 bits per heavy atom. The molecule has 1 N–H and O–H groups in total. The van der Waals surface area contributed by atoms with Crippen LogP contribution in [0.15, 0.2) is 0 Å². The van der Waals surface area contributed by atoms with E-state index in [2.05, 4.69) is 15.9 Å². The molecule has 0 aromatic heterocycles. The molecule has 3 nitrogen and oxygen atoms in total. The smallest absolute Gasteiger partial charge is 0.373 e. The summed E-state index contributed by atoms with van der Waals surface area (Å²) in [7, 11) is 0. The Balaban J connectivity index is 3.58. The number of carboxylic acids is 1. The Kier molecular flexibility index (Phi) is 2.59. The zero-order chi connectivity index (χ0) is 5.86. The van der Waals surface area contributed by atoms with E-state index in [-0.39, 0.29) is 5.33 Å². The van der Waals surface area contributed by atoms with Crippen LogP contribution in [0.25, 0.3) is 0 Å². The number of hydrogen-bond acceptors (Lipinski definition) is 2. The summed E-state index contributed by atoms with van der Waals surface area (Å²) >= 11 is 2.68. The van der Waals surface area contributed by atoms with Gasteiger partial charge in [0.1, 0.15) is 0 Å². The Morgan fingerprint density at radius 3 is 2.00 bits per heavy atom. The molecule has 0 fully saturated rings. The van der Waals surface area contributed by atoms with Gasteiger partial charge in [-0.05, 0) is 0 Å². The molecule has 0 rings (SSSR count). The molecule has 0 bridgehead atoms. The molecule has 0 aromatic carbocycles. The highest BCUT2D eigenvalue weighted by Gasteiger charge is 2.06. The van der Waals surface area contributed by atoms with Crippen LogP contribution >= 0.6 is 15.9 Å². The second-order valence-electron chi connectivity index (χ2n) is 0.862. The number of alkyl halides is 1. The second-order valence-corrected chi connectivity index (χ2v) is 1.42. The third kappa shape index (κ3) is 2.33. The van der Waals surface area contributed by atoms with Crippen LogP contribution in [0.4, 0.5) is 0 Å². The van der Waals surface area contributed by atoms with E-state index in [0.29, 0.717) is 0 Å². The van der Waals surface area contributed by atoms with Gasteiger partial charge in [-0.1, -0.05) is 15.9 Å². The van der Waals surface area contributed by atoms with Crippen molar-refractivity contribution >= 4 is 27.7 Å². The van der Waals surface area contributed by atoms with Crippen LogP contribution in [0.3, 0.4) is 0 Å². The van der Waals surface area contributed by atoms with Gasteiger partial charge in [-0.25, -0.2) is 4.79 Å². The van der Waals surface area contributed by atoms with E-state index in [1.165, 1.54) is 0 Å². The fourth-order valence-corrected chi connectivity index (χ4v) is 0.297. The minimum absolute atomic E-state index is 0.109. The summed E-state index contributed by atoms with van der Waals surface area (Å²) in [6.45, 7) is 0. The fourth-order valence-electron chi connectivity index (χ4n) is 0.0572. The maximum atomic E-state index is 9.87. The lowest BCUT2D eigenvalue weighted by Crippen LogP contribution is -2.12. The van der Waals surface area contributed by atoms with Gasteiger partial charge >= 0.3 is 5.97 Å². The predicted molar refractivity (Wildman–Crippen MR) is 26.4 cm³/mol. The van der Waals surface area contributed by atoms with Crippen molar-refractivity contribution in [2.75, 3.05) is 5.33 Å². The first kappa shape index (κ1) is 6.62. The van der Waals surface area contributed by atoms with E-state index in [1.54, 1.807) is 0 Å².